The summed E-state index contributed by atoms with van der Waals surface area (Å²) in [6.45, 7) is 12.8. The topological polar surface area (TPSA) is 87.6 Å². The smallest absolute Gasteiger partial charge is 0.309 e. The zero-order chi connectivity index (χ0) is 39.7. The minimum Gasteiger partial charge on any atom is -1.00 e. The van der Waals surface area contributed by atoms with Crippen LogP contribution in [0.3, 0.4) is 0 Å². The average Bonchev–Trinajstić information content (AvgIpc) is 3.64. The number of carbonyl (C=O) groups is 2. The van der Waals surface area contributed by atoms with Gasteiger partial charge >= 0.3 is 11.9 Å². The molecule has 0 amide bonds. The molecular weight excluding hydrogens is 845 g/mol. The Morgan fingerprint density at radius 2 is 1.16 bits per heavy atom. The van der Waals surface area contributed by atoms with Crippen molar-refractivity contribution in [1.29, 1.82) is 0 Å². The third-order valence-corrected chi connectivity index (χ3v) is 11.3. The number of likely N-dealkylation sites (N-methyl/N-ethyl adjacent to an activating group) is 1. The molecule has 1 aromatic heterocycles. The minimum absolute atomic E-state index is 0. The first-order valence-electron chi connectivity index (χ1n) is 22.3. The summed E-state index contributed by atoms with van der Waals surface area (Å²) in [5.41, 5.74) is 1.62. The maximum absolute atomic E-state index is 12.3. The van der Waals surface area contributed by atoms with Gasteiger partial charge in [0.25, 0.3) is 5.88 Å². The molecule has 0 fully saturated rings. The minimum atomic E-state index is -0.429. The number of unbranched alkanes of at least 4 members (excludes halogenated alkanes) is 19. The van der Waals surface area contributed by atoms with Crippen LogP contribution >= 0.6 is 23.3 Å². The molecule has 0 aliphatic carbocycles. The van der Waals surface area contributed by atoms with Crippen molar-refractivity contribution < 1.29 is 52.3 Å². The van der Waals surface area contributed by atoms with Crippen LogP contribution in [-0.4, -0.2) is 63.7 Å². The van der Waals surface area contributed by atoms with E-state index in [4.69, 9.17) is 25.8 Å². The molecule has 3 atom stereocenters. The monoisotopic (exact) mass is 925 g/mol. The van der Waals surface area contributed by atoms with Crippen molar-refractivity contribution in [3.63, 3.8) is 0 Å². The van der Waals surface area contributed by atoms with Crippen molar-refractivity contribution in [1.82, 2.24) is 8.75 Å². The first-order chi connectivity index (χ1) is 26.2. The maximum atomic E-state index is 12.3. The van der Waals surface area contributed by atoms with Gasteiger partial charge in [0.1, 0.15) is 12.2 Å². The number of alkyl halides is 1. The van der Waals surface area contributed by atoms with Gasteiger partial charge in [-0.05, 0) is 25.7 Å². The van der Waals surface area contributed by atoms with Crippen LogP contribution in [0.4, 0.5) is 0 Å². The SMILES string of the molecule is CCCCCCCCCCCC(Cl)OC(=O)CC.CCCCCCCCCCCC(OC(=O)CC)[N+]1(C)CCC=C(c2nsnc2OCCCCCC)C1.[I-]. The van der Waals surface area contributed by atoms with Crippen molar-refractivity contribution in [2.45, 2.75) is 220 Å². The second-order valence-electron chi connectivity index (χ2n) is 15.5. The molecule has 11 heteroatoms. The standard InChI is InChI=1S/C29H52N3O3S.C15H29ClO2.HI/c1-5-8-10-12-13-14-15-16-17-21-26(35-27(33)7-3)32(4)22-19-20-25(24-32)28-29(31-36-30-28)34-23-18-11-9-6-2;1-3-5-6-7-8-9-10-11-12-13-14(16)18-15(17)4-2;/h20,26H,5-19,21-24H2,1-4H3;14H,3-13H2,1-2H3;1H/q+1;;/p-1. The van der Waals surface area contributed by atoms with E-state index < -0.39 is 5.56 Å². The molecule has 1 aromatic rings. The van der Waals surface area contributed by atoms with Crippen LogP contribution < -0.4 is 28.7 Å². The van der Waals surface area contributed by atoms with Crippen molar-refractivity contribution in [2.75, 3.05) is 26.7 Å². The lowest BCUT2D eigenvalue weighted by Crippen LogP contribution is -3.00. The van der Waals surface area contributed by atoms with Crippen molar-refractivity contribution in [2.24, 2.45) is 0 Å². The van der Waals surface area contributed by atoms with Crippen LogP contribution in [-0.2, 0) is 19.1 Å². The number of aromatic nitrogens is 2. The van der Waals surface area contributed by atoms with Crippen LogP contribution in [0.15, 0.2) is 6.08 Å². The molecule has 2 rings (SSSR count). The molecule has 1 aliphatic heterocycles. The zero-order valence-corrected chi connectivity index (χ0v) is 39.7. The van der Waals surface area contributed by atoms with Gasteiger partial charge in [0.15, 0.2) is 5.56 Å². The van der Waals surface area contributed by atoms with Crippen LogP contribution in [0.5, 0.6) is 5.88 Å². The zero-order valence-electron chi connectivity index (χ0n) is 36.0. The summed E-state index contributed by atoms with van der Waals surface area (Å²) in [5.74, 6) is 0.362. The molecular formula is C44H81ClIN3O5S. The van der Waals surface area contributed by atoms with E-state index in [-0.39, 0.29) is 42.1 Å². The lowest BCUT2D eigenvalue weighted by atomic mass is 10.0. The molecule has 0 spiro atoms. The van der Waals surface area contributed by atoms with Gasteiger partial charge in [0.2, 0.25) is 6.23 Å². The Labute approximate surface area is 364 Å². The van der Waals surface area contributed by atoms with Crippen LogP contribution in [0.1, 0.15) is 214 Å². The third-order valence-electron chi connectivity index (χ3n) is 10.5. The molecule has 0 aromatic carbocycles. The van der Waals surface area contributed by atoms with E-state index in [0.29, 0.717) is 29.8 Å². The highest BCUT2D eigenvalue weighted by Crippen LogP contribution is 2.33. The number of quaternary nitrogens is 1. The van der Waals surface area contributed by atoms with Crippen LogP contribution in [0.2, 0.25) is 0 Å². The molecule has 8 nitrogen and oxygen atoms in total. The Hall–Kier alpha value is -0.980. The molecule has 0 N–H and O–H groups in total. The normalized spacial score (nSPS) is 16.2. The number of hydrogen-bond donors (Lipinski definition) is 0. The van der Waals surface area contributed by atoms with Gasteiger partial charge in [-0.15, -0.1) is 4.37 Å². The second-order valence-corrected chi connectivity index (χ2v) is 16.5. The lowest BCUT2D eigenvalue weighted by molar-refractivity contribution is -0.947. The van der Waals surface area contributed by atoms with E-state index in [1.54, 1.807) is 6.92 Å². The molecule has 1 aliphatic rings. The van der Waals surface area contributed by atoms with E-state index in [1.807, 2.05) is 6.92 Å². The van der Waals surface area contributed by atoms with Crippen molar-refractivity contribution in [3.05, 3.63) is 11.8 Å². The number of rotatable bonds is 32. The fourth-order valence-corrected chi connectivity index (χ4v) is 7.70. The Balaban J connectivity index is 0.00000130. The summed E-state index contributed by atoms with van der Waals surface area (Å²) in [7, 11) is 2.24. The Morgan fingerprint density at radius 1 is 0.691 bits per heavy atom. The van der Waals surface area contributed by atoms with Gasteiger partial charge in [-0.2, -0.15) is 4.37 Å². The molecule has 0 radical (unpaired) electrons. The van der Waals surface area contributed by atoms with Gasteiger partial charge < -0.3 is 38.2 Å². The van der Waals surface area contributed by atoms with Gasteiger partial charge in [0, 0.05) is 31.3 Å². The first kappa shape index (κ1) is 54.0. The highest BCUT2D eigenvalue weighted by atomic mass is 127. The number of nitrogens with zero attached hydrogens (tertiary/aromatic N) is 3. The number of halogens is 2. The van der Waals surface area contributed by atoms with E-state index >= 15 is 0 Å². The number of hydrogen-bond acceptors (Lipinski definition) is 8. The molecule has 322 valence electrons. The van der Waals surface area contributed by atoms with E-state index in [0.717, 1.165) is 57.3 Å². The van der Waals surface area contributed by atoms with Crippen molar-refractivity contribution >= 4 is 40.8 Å². The van der Waals surface area contributed by atoms with Crippen LogP contribution in [0.25, 0.3) is 5.57 Å². The third kappa shape index (κ3) is 26.6. The Bertz CT molecular complexity index is 1110. The quantitative estimate of drug-likeness (QED) is 0.0234. The Kier molecular flexibility index (Phi) is 35.5. The molecule has 0 saturated heterocycles. The summed E-state index contributed by atoms with van der Waals surface area (Å²) >= 11 is 7.13. The summed E-state index contributed by atoms with van der Waals surface area (Å²) in [6, 6.07) is 0. The highest BCUT2D eigenvalue weighted by molar-refractivity contribution is 6.99. The van der Waals surface area contributed by atoms with E-state index in [2.05, 4.69) is 42.6 Å². The second kappa shape index (κ2) is 36.1. The predicted molar refractivity (Wildman–Crippen MR) is 228 cm³/mol. The number of carbonyl (C=O) groups excluding carboxylic acids is 2. The summed E-state index contributed by atoms with van der Waals surface area (Å²) in [4.78, 5) is 23.3. The van der Waals surface area contributed by atoms with Gasteiger partial charge in [-0.25, -0.2) is 0 Å². The summed E-state index contributed by atoms with van der Waals surface area (Å²) in [5, 5.41) is 0. The lowest BCUT2D eigenvalue weighted by Gasteiger charge is -2.42. The predicted octanol–water partition coefficient (Wildman–Crippen LogP) is 10.4. The summed E-state index contributed by atoms with van der Waals surface area (Å²) in [6.07, 6.45) is 33.6. The Morgan fingerprint density at radius 3 is 1.69 bits per heavy atom. The maximum Gasteiger partial charge on any atom is 0.309 e. The fraction of sp³-hybridized carbons (Fsp3) is 0.864. The highest BCUT2D eigenvalue weighted by Gasteiger charge is 2.39. The molecule has 3 unspecified atom stereocenters. The van der Waals surface area contributed by atoms with Gasteiger partial charge in [0.05, 0.1) is 31.9 Å². The number of esters is 2. The largest absolute Gasteiger partial charge is 1.00 e. The summed E-state index contributed by atoms with van der Waals surface area (Å²) < 4.78 is 26.8. The van der Waals surface area contributed by atoms with E-state index in [9.17, 15) is 9.59 Å². The van der Waals surface area contributed by atoms with Gasteiger partial charge in [-0.1, -0.05) is 174 Å². The fourth-order valence-electron chi connectivity index (χ4n) is 6.92. The average molecular weight is 927 g/mol. The van der Waals surface area contributed by atoms with E-state index in [1.165, 1.54) is 139 Å². The van der Waals surface area contributed by atoms with Crippen LogP contribution in [0, 0.1) is 0 Å². The van der Waals surface area contributed by atoms with Gasteiger partial charge in [-0.3, -0.25) is 14.1 Å². The molecule has 55 heavy (non-hydrogen) atoms. The van der Waals surface area contributed by atoms with Crippen molar-refractivity contribution in [3.8, 4) is 5.88 Å². The first-order valence-corrected chi connectivity index (χ1v) is 23.4. The molecule has 0 bridgehead atoms. The number of ether oxygens (including phenoxy) is 3. The molecule has 2 heterocycles. The molecule has 0 saturated carbocycles.